The van der Waals surface area contributed by atoms with Crippen LogP contribution in [0, 0.1) is 11.6 Å². The number of ether oxygens (including phenoxy) is 1. The van der Waals surface area contributed by atoms with Gasteiger partial charge in [-0.2, -0.15) is 0 Å². The van der Waals surface area contributed by atoms with Gasteiger partial charge in [-0.3, -0.25) is 0 Å². The quantitative estimate of drug-likeness (QED) is 0.891. The summed E-state index contributed by atoms with van der Waals surface area (Å²) in [7, 11) is 1.62. The van der Waals surface area contributed by atoms with Gasteiger partial charge in [0.1, 0.15) is 17.4 Å². The normalized spacial score (nSPS) is 12.0. The first-order chi connectivity index (χ1) is 9.58. The molecule has 0 saturated carbocycles. The summed E-state index contributed by atoms with van der Waals surface area (Å²) in [6.45, 7) is 1.95. The molecular weight excluding hydrogens is 260 g/mol. The van der Waals surface area contributed by atoms with Gasteiger partial charge in [-0.05, 0) is 43.2 Å². The van der Waals surface area contributed by atoms with Gasteiger partial charge in [-0.1, -0.05) is 12.1 Å². The molecule has 0 spiro atoms. The summed E-state index contributed by atoms with van der Waals surface area (Å²) in [4.78, 5) is 0. The Balaban J connectivity index is 2.02. The molecule has 0 aliphatic carbocycles. The number of anilines is 1. The smallest absolute Gasteiger partial charge is 0.149 e. The van der Waals surface area contributed by atoms with Crippen LogP contribution in [0.3, 0.4) is 0 Å². The molecular formula is C16H17F2NO. The molecule has 0 aliphatic heterocycles. The highest BCUT2D eigenvalue weighted by Crippen LogP contribution is 2.18. The van der Waals surface area contributed by atoms with E-state index in [9.17, 15) is 8.78 Å². The van der Waals surface area contributed by atoms with E-state index < -0.39 is 11.6 Å². The largest absolute Gasteiger partial charge is 0.497 e. The van der Waals surface area contributed by atoms with Crippen molar-refractivity contribution in [1.29, 1.82) is 0 Å². The fraction of sp³-hybridized carbons (Fsp3) is 0.250. The van der Waals surface area contributed by atoms with Crippen LogP contribution in [0.5, 0.6) is 5.75 Å². The molecule has 1 unspecified atom stereocenters. The van der Waals surface area contributed by atoms with Crippen LogP contribution in [0.4, 0.5) is 14.5 Å². The van der Waals surface area contributed by atoms with Gasteiger partial charge in [0.05, 0.1) is 12.8 Å². The second-order valence-corrected chi connectivity index (χ2v) is 4.73. The van der Waals surface area contributed by atoms with E-state index in [0.29, 0.717) is 12.1 Å². The third kappa shape index (κ3) is 3.70. The van der Waals surface area contributed by atoms with Crippen LogP contribution in [0.25, 0.3) is 0 Å². The highest BCUT2D eigenvalue weighted by Gasteiger charge is 2.08. The molecule has 0 aliphatic rings. The zero-order valence-corrected chi connectivity index (χ0v) is 11.5. The van der Waals surface area contributed by atoms with E-state index in [1.54, 1.807) is 7.11 Å². The van der Waals surface area contributed by atoms with Gasteiger partial charge in [0.25, 0.3) is 0 Å². The third-order valence-corrected chi connectivity index (χ3v) is 3.01. The van der Waals surface area contributed by atoms with Gasteiger partial charge in [0, 0.05) is 12.1 Å². The van der Waals surface area contributed by atoms with E-state index in [1.807, 2.05) is 31.2 Å². The molecule has 0 radical (unpaired) electrons. The minimum atomic E-state index is -0.581. The number of methoxy groups -OCH3 is 1. The van der Waals surface area contributed by atoms with Crippen molar-refractivity contribution in [2.75, 3.05) is 12.4 Å². The van der Waals surface area contributed by atoms with Crippen molar-refractivity contribution >= 4 is 5.69 Å². The molecule has 20 heavy (non-hydrogen) atoms. The van der Waals surface area contributed by atoms with Gasteiger partial charge in [0.15, 0.2) is 0 Å². The first-order valence-corrected chi connectivity index (χ1v) is 6.43. The highest BCUT2D eigenvalue weighted by atomic mass is 19.1. The highest BCUT2D eigenvalue weighted by molar-refractivity contribution is 5.45. The Morgan fingerprint density at radius 3 is 2.65 bits per heavy atom. The third-order valence-electron chi connectivity index (χ3n) is 3.01. The van der Waals surface area contributed by atoms with Crippen molar-refractivity contribution in [2.45, 2.75) is 19.4 Å². The van der Waals surface area contributed by atoms with Crippen molar-refractivity contribution in [1.82, 2.24) is 0 Å². The van der Waals surface area contributed by atoms with Crippen LogP contribution >= 0.6 is 0 Å². The van der Waals surface area contributed by atoms with E-state index in [1.165, 1.54) is 12.1 Å². The molecule has 2 aromatic rings. The lowest BCUT2D eigenvalue weighted by Crippen LogP contribution is -2.18. The Morgan fingerprint density at radius 1 is 1.15 bits per heavy atom. The SMILES string of the molecule is COc1cccc(CC(C)Nc2ccc(F)cc2F)c1. The standard InChI is InChI=1S/C16H17F2NO/c1-11(8-12-4-3-5-14(9-12)20-2)19-16-7-6-13(17)10-15(16)18/h3-7,9-11,19H,8H2,1-2H3. The predicted molar refractivity (Wildman–Crippen MR) is 76.1 cm³/mol. The van der Waals surface area contributed by atoms with Crippen molar-refractivity contribution in [3.63, 3.8) is 0 Å². The minimum absolute atomic E-state index is 0.0158. The molecule has 106 valence electrons. The average molecular weight is 277 g/mol. The number of hydrogen-bond acceptors (Lipinski definition) is 2. The maximum absolute atomic E-state index is 13.5. The molecule has 4 heteroatoms. The fourth-order valence-corrected chi connectivity index (χ4v) is 2.08. The minimum Gasteiger partial charge on any atom is -0.497 e. The maximum atomic E-state index is 13.5. The number of halogens is 2. The summed E-state index contributed by atoms with van der Waals surface area (Å²) in [5.41, 5.74) is 1.40. The van der Waals surface area contributed by atoms with Crippen LogP contribution < -0.4 is 10.1 Å². The number of nitrogens with one attached hydrogen (secondary N) is 1. The molecule has 1 atom stereocenters. The zero-order chi connectivity index (χ0) is 14.5. The fourth-order valence-electron chi connectivity index (χ4n) is 2.08. The number of benzene rings is 2. The van der Waals surface area contributed by atoms with Crippen molar-refractivity contribution in [3.8, 4) is 5.75 Å². The van der Waals surface area contributed by atoms with Gasteiger partial charge in [-0.25, -0.2) is 8.78 Å². The van der Waals surface area contributed by atoms with E-state index in [-0.39, 0.29) is 6.04 Å². The lowest BCUT2D eigenvalue weighted by Gasteiger charge is -2.16. The summed E-state index contributed by atoms with van der Waals surface area (Å²) in [5.74, 6) is -0.362. The summed E-state index contributed by atoms with van der Waals surface area (Å²) in [6, 6.07) is 11.3. The van der Waals surface area contributed by atoms with Crippen LogP contribution in [0.1, 0.15) is 12.5 Å². The average Bonchev–Trinajstić information content (AvgIpc) is 2.42. The Morgan fingerprint density at radius 2 is 1.95 bits per heavy atom. The van der Waals surface area contributed by atoms with Gasteiger partial charge < -0.3 is 10.1 Å². The van der Waals surface area contributed by atoms with Crippen LogP contribution in [-0.4, -0.2) is 13.2 Å². The summed E-state index contributed by atoms with van der Waals surface area (Å²) < 4.78 is 31.5. The van der Waals surface area contributed by atoms with Crippen molar-refractivity contribution in [2.24, 2.45) is 0 Å². The molecule has 0 heterocycles. The molecule has 2 nitrogen and oxygen atoms in total. The van der Waals surface area contributed by atoms with Gasteiger partial charge in [-0.15, -0.1) is 0 Å². The van der Waals surface area contributed by atoms with Gasteiger partial charge in [0.2, 0.25) is 0 Å². The van der Waals surface area contributed by atoms with E-state index in [0.717, 1.165) is 17.4 Å². The zero-order valence-electron chi connectivity index (χ0n) is 11.5. The number of hydrogen-bond donors (Lipinski definition) is 1. The molecule has 0 bridgehead atoms. The number of rotatable bonds is 5. The Hall–Kier alpha value is -2.10. The molecule has 0 aromatic heterocycles. The summed E-state index contributed by atoms with van der Waals surface area (Å²) in [5, 5.41) is 3.04. The van der Waals surface area contributed by atoms with Gasteiger partial charge >= 0.3 is 0 Å². The molecule has 0 saturated heterocycles. The van der Waals surface area contributed by atoms with Crippen LogP contribution in [0.15, 0.2) is 42.5 Å². The second-order valence-electron chi connectivity index (χ2n) is 4.73. The molecule has 0 amide bonds. The summed E-state index contributed by atoms with van der Waals surface area (Å²) >= 11 is 0. The lowest BCUT2D eigenvalue weighted by atomic mass is 10.1. The first kappa shape index (κ1) is 14.3. The topological polar surface area (TPSA) is 21.3 Å². The molecule has 1 N–H and O–H groups in total. The predicted octanol–water partition coefficient (Wildman–Crippen LogP) is 4.02. The summed E-state index contributed by atoms with van der Waals surface area (Å²) in [6.07, 6.45) is 0.716. The lowest BCUT2D eigenvalue weighted by molar-refractivity contribution is 0.414. The van der Waals surface area contributed by atoms with Crippen molar-refractivity contribution in [3.05, 3.63) is 59.7 Å². The van der Waals surface area contributed by atoms with Crippen LogP contribution in [0.2, 0.25) is 0 Å². The molecule has 2 aromatic carbocycles. The van der Waals surface area contributed by atoms with Crippen LogP contribution in [-0.2, 0) is 6.42 Å². The van der Waals surface area contributed by atoms with E-state index in [4.69, 9.17) is 4.74 Å². The Kier molecular flexibility index (Phi) is 4.56. The maximum Gasteiger partial charge on any atom is 0.149 e. The first-order valence-electron chi connectivity index (χ1n) is 6.43. The monoisotopic (exact) mass is 277 g/mol. The Bertz CT molecular complexity index is 586. The van der Waals surface area contributed by atoms with Crippen molar-refractivity contribution < 1.29 is 13.5 Å². The molecule has 0 fully saturated rings. The second kappa shape index (κ2) is 6.37. The van der Waals surface area contributed by atoms with E-state index >= 15 is 0 Å². The molecule has 2 rings (SSSR count). The Labute approximate surface area is 117 Å². The van der Waals surface area contributed by atoms with E-state index in [2.05, 4.69) is 5.32 Å².